The lowest BCUT2D eigenvalue weighted by molar-refractivity contribution is -0.0749. The van der Waals surface area contributed by atoms with Crippen LogP contribution in [0, 0.1) is 47.1 Å². The van der Waals surface area contributed by atoms with Gasteiger partial charge in [-0.1, -0.05) is 12.1 Å². The summed E-state index contributed by atoms with van der Waals surface area (Å²) in [7, 11) is 0. The molecule has 0 radical (unpaired) electrons. The molecule has 1 aromatic rings. The van der Waals surface area contributed by atoms with Gasteiger partial charge < -0.3 is 9.47 Å². The second-order valence-electron chi connectivity index (χ2n) is 12.6. The minimum absolute atomic E-state index is 0.0236. The van der Waals surface area contributed by atoms with Gasteiger partial charge in [0.25, 0.3) is 0 Å². The third kappa shape index (κ3) is 6.26. The maximum Gasteiger partial charge on any atom is 0.200 e. The van der Waals surface area contributed by atoms with E-state index in [1.165, 1.54) is 64.2 Å². The van der Waals surface area contributed by atoms with Gasteiger partial charge in [0, 0.05) is 0 Å². The Morgan fingerprint density at radius 2 is 1.32 bits per heavy atom. The molecule has 3 saturated carbocycles. The van der Waals surface area contributed by atoms with Crippen molar-refractivity contribution in [3.05, 3.63) is 42.0 Å². The molecule has 2 nitrogen and oxygen atoms in total. The molecule has 0 amide bonds. The molecule has 0 spiro atoms. The molecular weight excluding hydrogens is 466 g/mol. The molecule has 206 valence electrons. The van der Waals surface area contributed by atoms with Gasteiger partial charge >= 0.3 is 0 Å². The van der Waals surface area contributed by atoms with E-state index in [9.17, 15) is 8.78 Å². The summed E-state index contributed by atoms with van der Waals surface area (Å²) in [4.78, 5) is 0. The van der Waals surface area contributed by atoms with Crippen molar-refractivity contribution >= 4 is 0 Å². The summed E-state index contributed by atoms with van der Waals surface area (Å²) in [6.07, 6.45) is 20.3. The lowest BCUT2D eigenvalue weighted by Crippen LogP contribution is -2.37. The molecule has 1 heterocycles. The van der Waals surface area contributed by atoms with Crippen molar-refractivity contribution in [3.8, 4) is 5.75 Å². The van der Waals surface area contributed by atoms with Crippen LogP contribution < -0.4 is 4.74 Å². The molecule has 1 aromatic carbocycles. The SMILES string of the molecule is C=CC1CCC(C2CCC(C3CCC(C4CCC(c5ccc(OCC)c(F)c5F)CC4)CO3)CC2)CC1. The van der Waals surface area contributed by atoms with Gasteiger partial charge in [0.2, 0.25) is 5.82 Å². The summed E-state index contributed by atoms with van der Waals surface area (Å²) in [5, 5.41) is 0. The first kappa shape index (κ1) is 27.2. The lowest BCUT2D eigenvalue weighted by atomic mass is 9.67. The van der Waals surface area contributed by atoms with E-state index in [2.05, 4.69) is 12.7 Å². The van der Waals surface area contributed by atoms with Crippen LogP contribution in [0.25, 0.3) is 0 Å². The molecule has 0 N–H and O–H groups in total. The maximum atomic E-state index is 14.7. The van der Waals surface area contributed by atoms with Crippen molar-refractivity contribution in [1.82, 2.24) is 0 Å². The second-order valence-corrected chi connectivity index (χ2v) is 12.6. The van der Waals surface area contributed by atoms with Gasteiger partial charge in [0.15, 0.2) is 11.6 Å². The zero-order valence-electron chi connectivity index (χ0n) is 22.9. The number of hydrogen-bond donors (Lipinski definition) is 0. The highest BCUT2D eigenvalue weighted by Gasteiger charge is 2.37. The molecule has 4 fully saturated rings. The smallest absolute Gasteiger partial charge is 0.200 e. The maximum absolute atomic E-state index is 14.7. The van der Waals surface area contributed by atoms with E-state index in [1.807, 2.05) is 0 Å². The van der Waals surface area contributed by atoms with Gasteiger partial charge in [0.1, 0.15) is 0 Å². The summed E-state index contributed by atoms with van der Waals surface area (Å²) in [6.45, 7) is 7.02. The molecule has 3 aliphatic carbocycles. The van der Waals surface area contributed by atoms with Crippen molar-refractivity contribution in [3.63, 3.8) is 0 Å². The van der Waals surface area contributed by atoms with E-state index in [0.29, 0.717) is 30.1 Å². The van der Waals surface area contributed by atoms with Crippen LogP contribution in [0.3, 0.4) is 0 Å². The third-order valence-corrected chi connectivity index (χ3v) is 10.8. The highest BCUT2D eigenvalue weighted by molar-refractivity contribution is 5.33. The first-order chi connectivity index (χ1) is 18.1. The first-order valence-electron chi connectivity index (χ1n) is 15.4. The summed E-state index contributed by atoms with van der Waals surface area (Å²) in [6, 6.07) is 3.34. The van der Waals surface area contributed by atoms with Crippen LogP contribution >= 0.6 is 0 Å². The van der Waals surface area contributed by atoms with Gasteiger partial charge in [-0.2, -0.15) is 4.39 Å². The predicted molar refractivity (Wildman–Crippen MR) is 146 cm³/mol. The lowest BCUT2D eigenvalue weighted by Gasteiger charge is -2.43. The van der Waals surface area contributed by atoms with E-state index in [1.54, 1.807) is 19.1 Å². The molecule has 0 bridgehead atoms. The number of benzene rings is 1. The van der Waals surface area contributed by atoms with Crippen LogP contribution in [0.5, 0.6) is 5.75 Å². The topological polar surface area (TPSA) is 18.5 Å². The summed E-state index contributed by atoms with van der Waals surface area (Å²) >= 11 is 0. The Morgan fingerprint density at radius 1 is 0.757 bits per heavy atom. The van der Waals surface area contributed by atoms with E-state index in [0.717, 1.165) is 56.0 Å². The Morgan fingerprint density at radius 3 is 1.92 bits per heavy atom. The highest BCUT2D eigenvalue weighted by Crippen LogP contribution is 2.46. The Hall–Kier alpha value is -1.42. The number of hydrogen-bond acceptors (Lipinski definition) is 2. The molecule has 4 heteroatoms. The number of rotatable bonds is 7. The van der Waals surface area contributed by atoms with Crippen LogP contribution in [0.2, 0.25) is 0 Å². The molecule has 2 atom stereocenters. The van der Waals surface area contributed by atoms with Gasteiger partial charge in [-0.3, -0.25) is 0 Å². The molecule has 0 aromatic heterocycles. The van der Waals surface area contributed by atoms with Crippen molar-refractivity contribution in [2.75, 3.05) is 13.2 Å². The molecule has 5 rings (SSSR count). The molecular formula is C33H48F2O2. The first-order valence-corrected chi connectivity index (χ1v) is 15.4. The minimum Gasteiger partial charge on any atom is -0.491 e. The van der Waals surface area contributed by atoms with Crippen LogP contribution in [0.4, 0.5) is 8.78 Å². The van der Waals surface area contributed by atoms with Crippen LogP contribution in [-0.2, 0) is 4.74 Å². The fourth-order valence-electron chi connectivity index (χ4n) is 8.41. The van der Waals surface area contributed by atoms with E-state index >= 15 is 0 Å². The minimum atomic E-state index is -0.831. The van der Waals surface area contributed by atoms with Crippen molar-refractivity contribution in [2.45, 2.75) is 109 Å². The largest absolute Gasteiger partial charge is 0.491 e. The average Bonchev–Trinajstić information content (AvgIpc) is 2.96. The van der Waals surface area contributed by atoms with Crippen molar-refractivity contribution < 1.29 is 18.3 Å². The zero-order chi connectivity index (χ0) is 25.8. The normalized spacial score (nSPS) is 37.2. The number of ether oxygens (including phenoxy) is 2. The van der Waals surface area contributed by atoms with E-state index in [-0.39, 0.29) is 11.7 Å². The van der Waals surface area contributed by atoms with Crippen LogP contribution in [-0.4, -0.2) is 19.3 Å². The fourth-order valence-corrected chi connectivity index (χ4v) is 8.41. The van der Waals surface area contributed by atoms with Crippen LogP contribution in [0.15, 0.2) is 24.8 Å². The van der Waals surface area contributed by atoms with Crippen molar-refractivity contribution in [1.29, 1.82) is 0 Å². The zero-order valence-corrected chi connectivity index (χ0v) is 22.9. The molecule has 4 aliphatic rings. The number of allylic oxidation sites excluding steroid dienone is 1. The quantitative estimate of drug-likeness (QED) is 0.338. The van der Waals surface area contributed by atoms with Gasteiger partial charge in [-0.25, -0.2) is 4.39 Å². The Bertz CT molecular complexity index is 869. The molecule has 37 heavy (non-hydrogen) atoms. The standard InChI is InChI=1S/C33H48F2O2/c1-3-22-5-7-23(8-6-22)24-11-15-27(16-12-24)30-19-17-28(21-37-30)25-9-13-26(14-10-25)29-18-20-31(36-4-2)33(35)32(29)34/h3,18,20,22-28,30H,1,4-17,19,21H2,2H3. The second kappa shape index (κ2) is 12.6. The van der Waals surface area contributed by atoms with Gasteiger partial charge in [-0.05, 0) is 150 Å². The monoisotopic (exact) mass is 514 g/mol. The van der Waals surface area contributed by atoms with Gasteiger partial charge in [-0.15, -0.1) is 6.58 Å². The molecule has 2 unspecified atom stereocenters. The average molecular weight is 515 g/mol. The number of halogens is 2. The summed E-state index contributed by atoms with van der Waals surface area (Å²) in [5.41, 5.74) is 0.531. The van der Waals surface area contributed by atoms with Gasteiger partial charge in [0.05, 0.1) is 19.3 Å². The summed E-state index contributed by atoms with van der Waals surface area (Å²) < 4.78 is 40.9. The van der Waals surface area contributed by atoms with E-state index in [4.69, 9.17) is 9.47 Å². The Labute approximate surface area is 223 Å². The molecule has 1 aliphatic heterocycles. The fraction of sp³-hybridized carbons (Fsp3) is 0.758. The molecule has 1 saturated heterocycles. The van der Waals surface area contributed by atoms with Crippen molar-refractivity contribution in [2.24, 2.45) is 35.5 Å². The Kier molecular flexibility index (Phi) is 9.27. The predicted octanol–water partition coefficient (Wildman–Crippen LogP) is 9.23. The third-order valence-electron chi connectivity index (χ3n) is 10.8. The van der Waals surface area contributed by atoms with E-state index < -0.39 is 11.6 Å². The Balaban J connectivity index is 1.04. The summed E-state index contributed by atoms with van der Waals surface area (Å²) in [5.74, 6) is 3.32. The van der Waals surface area contributed by atoms with Crippen LogP contribution in [0.1, 0.15) is 108 Å². The highest BCUT2D eigenvalue weighted by atomic mass is 19.2.